The smallest absolute Gasteiger partial charge is 0.264 e. The Hall–Kier alpha value is -3.16. The van der Waals surface area contributed by atoms with Gasteiger partial charge in [0.1, 0.15) is 5.82 Å². The van der Waals surface area contributed by atoms with Crippen molar-refractivity contribution >= 4 is 26.5 Å². The van der Waals surface area contributed by atoms with Gasteiger partial charge in [0.05, 0.1) is 6.61 Å². The van der Waals surface area contributed by atoms with Crippen molar-refractivity contribution < 1.29 is 32.3 Å². The molecule has 0 radical (unpaired) electrons. The topological polar surface area (TPSA) is 127 Å². The lowest BCUT2D eigenvalue weighted by atomic mass is 10.00. The van der Waals surface area contributed by atoms with Crippen molar-refractivity contribution in [2.45, 2.75) is 56.7 Å². The van der Waals surface area contributed by atoms with Gasteiger partial charge >= 0.3 is 0 Å². The van der Waals surface area contributed by atoms with Crippen LogP contribution in [-0.4, -0.2) is 73.0 Å². The molecule has 0 saturated carbocycles. The van der Waals surface area contributed by atoms with Gasteiger partial charge in [0.2, 0.25) is 0 Å². The molecular formula is C30H38FN3O7S. The van der Waals surface area contributed by atoms with E-state index in [4.69, 9.17) is 14.7 Å². The maximum atomic E-state index is 15.0. The Morgan fingerprint density at radius 3 is 2.69 bits per heavy atom. The summed E-state index contributed by atoms with van der Waals surface area (Å²) in [6.45, 7) is 2.78. The van der Waals surface area contributed by atoms with Crippen LogP contribution in [0.1, 0.15) is 38.2 Å². The largest absolute Gasteiger partial charge is 0.395 e. The van der Waals surface area contributed by atoms with Crippen LogP contribution < -0.4 is 11.0 Å². The van der Waals surface area contributed by atoms with Crippen molar-refractivity contribution in [1.82, 2.24) is 14.9 Å². The number of aromatic nitrogens is 1. The summed E-state index contributed by atoms with van der Waals surface area (Å²) < 4.78 is 45.3. The third kappa shape index (κ3) is 7.24. The summed E-state index contributed by atoms with van der Waals surface area (Å²) in [5.74, 6) is -1.22. The van der Waals surface area contributed by atoms with Crippen LogP contribution in [0.25, 0.3) is 21.9 Å². The Morgan fingerprint density at radius 2 is 2.02 bits per heavy atom. The Morgan fingerprint density at radius 1 is 1.24 bits per heavy atom. The Labute approximate surface area is 244 Å². The number of hydroxylamine groups is 1. The molecule has 2 heterocycles. The van der Waals surface area contributed by atoms with Crippen LogP contribution in [0.5, 0.6) is 0 Å². The number of nitrogens with zero attached hydrogens (tertiary/aromatic N) is 2. The zero-order valence-corrected chi connectivity index (χ0v) is 25.0. The minimum absolute atomic E-state index is 0.0212. The molecule has 1 aromatic heterocycles. The highest BCUT2D eigenvalue weighted by Gasteiger charge is 2.44. The molecule has 1 unspecified atom stereocenters. The zero-order valence-electron chi connectivity index (χ0n) is 24.1. The van der Waals surface area contributed by atoms with Gasteiger partial charge in [-0.1, -0.05) is 18.2 Å². The monoisotopic (exact) mass is 603 g/mol. The summed E-state index contributed by atoms with van der Waals surface area (Å²) in [4.78, 5) is 33.5. The molecule has 1 saturated heterocycles. The van der Waals surface area contributed by atoms with Crippen molar-refractivity contribution in [2.24, 2.45) is 0 Å². The van der Waals surface area contributed by atoms with E-state index in [2.05, 4.69) is 5.48 Å². The van der Waals surface area contributed by atoms with Crippen LogP contribution in [-0.2, 0) is 37.3 Å². The number of hydrogen-bond acceptors (Lipinski definition) is 8. The Balaban J connectivity index is 1.51. The number of pyridine rings is 1. The lowest BCUT2D eigenvalue weighted by molar-refractivity contribution is -0.201. The molecule has 0 aliphatic carbocycles. The number of rotatable bonds is 12. The van der Waals surface area contributed by atoms with Crippen LogP contribution in [0.4, 0.5) is 4.39 Å². The van der Waals surface area contributed by atoms with E-state index >= 15 is 4.39 Å². The standard InChI is InChI=1S/C30H38FN3O7S/c1-30(42(3,38)39,29(37)32-41-27-6-4-5-17-40-27)12-14-34-13-11-23-19-22(8-10-25(23)28(34)36)24-9-7-21(18-26(24)31)20-33(2)15-16-35/h7-11,13,18-19,27,35H,4-6,12,14-17,20H2,1-3H3,(H,32,37)/t27?,30-/m1/s1. The summed E-state index contributed by atoms with van der Waals surface area (Å²) in [5, 5.41) is 10.1. The zero-order chi connectivity index (χ0) is 30.5. The van der Waals surface area contributed by atoms with E-state index in [0.29, 0.717) is 48.0 Å². The second-order valence-corrected chi connectivity index (χ2v) is 13.4. The molecule has 1 amide bonds. The number of benzene rings is 2. The second-order valence-electron chi connectivity index (χ2n) is 11.0. The molecule has 0 spiro atoms. The number of carbonyl (C=O) groups is 1. The lowest BCUT2D eigenvalue weighted by Gasteiger charge is -2.28. The van der Waals surface area contributed by atoms with Crippen LogP contribution in [0.2, 0.25) is 0 Å². The van der Waals surface area contributed by atoms with Crippen molar-refractivity contribution in [2.75, 3.05) is 33.1 Å². The number of hydrogen-bond donors (Lipinski definition) is 2. The molecular weight excluding hydrogens is 565 g/mol. The maximum Gasteiger partial charge on any atom is 0.264 e. The third-order valence-corrected chi connectivity index (χ3v) is 9.83. The predicted molar refractivity (Wildman–Crippen MR) is 158 cm³/mol. The van der Waals surface area contributed by atoms with Crippen molar-refractivity contribution in [3.8, 4) is 11.1 Å². The molecule has 1 fully saturated rings. The normalized spacial score (nSPS) is 17.3. The van der Waals surface area contributed by atoms with E-state index < -0.39 is 32.6 Å². The van der Waals surface area contributed by atoms with Gasteiger partial charge in [0.15, 0.2) is 20.9 Å². The number of ether oxygens (including phenoxy) is 1. The highest BCUT2D eigenvalue weighted by atomic mass is 32.2. The molecule has 2 aromatic carbocycles. The fraction of sp³-hybridized carbons (Fsp3) is 0.467. The number of aliphatic hydroxyl groups excluding tert-OH is 1. The van der Waals surface area contributed by atoms with E-state index in [1.54, 1.807) is 30.3 Å². The molecule has 3 aromatic rings. The third-order valence-electron chi connectivity index (χ3n) is 7.81. The van der Waals surface area contributed by atoms with Crippen molar-refractivity contribution in [3.63, 3.8) is 0 Å². The van der Waals surface area contributed by atoms with Gasteiger partial charge in [-0.15, -0.1) is 0 Å². The molecule has 10 nitrogen and oxygen atoms in total. The van der Waals surface area contributed by atoms with Crippen LogP contribution >= 0.6 is 0 Å². The molecule has 4 rings (SSSR count). The number of sulfone groups is 1. The fourth-order valence-corrected chi connectivity index (χ4v) is 5.76. The summed E-state index contributed by atoms with van der Waals surface area (Å²) >= 11 is 0. The SMILES string of the molecule is CN(CCO)Cc1ccc(-c2ccc3c(=O)n(CC[C@](C)(C(=O)NOC4CCCCO4)S(C)(=O)=O)ccc3c2)c(F)c1. The van der Waals surface area contributed by atoms with Gasteiger partial charge in [-0.05, 0) is 74.0 Å². The van der Waals surface area contributed by atoms with Crippen LogP contribution in [0.3, 0.4) is 0 Å². The summed E-state index contributed by atoms with van der Waals surface area (Å²) in [5.41, 5.74) is 3.67. The Bertz CT molecular complexity index is 1590. The fourth-order valence-electron chi connectivity index (χ4n) is 4.92. The average Bonchev–Trinajstić information content (AvgIpc) is 2.95. The first kappa shape index (κ1) is 31.8. The first-order valence-corrected chi connectivity index (χ1v) is 15.8. The van der Waals surface area contributed by atoms with Gasteiger partial charge in [-0.3, -0.25) is 14.5 Å². The van der Waals surface area contributed by atoms with Gasteiger partial charge in [-0.2, -0.15) is 0 Å². The summed E-state index contributed by atoms with van der Waals surface area (Å²) in [6, 6.07) is 11.7. The van der Waals surface area contributed by atoms with Crippen molar-refractivity contribution in [1.29, 1.82) is 0 Å². The van der Waals surface area contributed by atoms with Gasteiger partial charge in [-0.25, -0.2) is 23.1 Å². The molecule has 1 aliphatic heterocycles. The number of likely N-dealkylation sites (N-methyl/N-ethyl adjacent to an activating group) is 1. The summed E-state index contributed by atoms with van der Waals surface area (Å²) in [6.07, 6.45) is 4.08. The molecule has 12 heteroatoms. The van der Waals surface area contributed by atoms with E-state index in [-0.39, 0.29) is 25.1 Å². The number of halogens is 1. The minimum atomic E-state index is -3.89. The van der Waals surface area contributed by atoms with E-state index in [1.807, 2.05) is 18.0 Å². The summed E-state index contributed by atoms with van der Waals surface area (Å²) in [7, 11) is -2.05. The molecule has 0 bridgehead atoms. The first-order valence-electron chi connectivity index (χ1n) is 13.9. The number of aliphatic hydroxyl groups is 1. The predicted octanol–water partition coefficient (Wildman–Crippen LogP) is 3.00. The Kier molecular flexibility index (Phi) is 10.2. The second kappa shape index (κ2) is 13.4. The lowest BCUT2D eigenvalue weighted by Crippen LogP contribution is -2.51. The van der Waals surface area contributed by atoms with Crippen LogP contribution in [0, 0.1) is 5.82 Å². The van der Waals surface area contributed by atoms with Gasteiger partial charge in [0.25, 0.3) is 11.5 Å². The van der Waals surface area contributed by atoms with E-state index in [1.165, 1.54) is 23.8 Å². The highest BCUT2D eigenvalue weighted by molar-refractivity contribution is 7.92. The molecule has 1 aliphatic rings. The molecule has 42 heavy (non-hydrogen) atoms. The number of amides is 1. The highest BCUT2D eigenvalue weighted by Crippen LogP contribution is 2.27. The first-order chi connectivity index (χ1) is 19.9. The average molecular weight is 604 g/mol. The van der Waals surface area contributed by atoms with Gasteiger partial charge in [0, 0.05) is 56.1 Å². The number of carbonyl (C=O) groups excluding carboxylic acids is 1. The van der Waals surface area contributed by atoms with Crippen molar-refractivity contribution in [3.05, 3.63) is 70.4 Å². The van der Waals surface area contributed by atoms with E-state index in [9.17, 15) is 18.0 Å². The molecule has 2 atom stereocenters. The van der Waals surface area contributed by atoms with Gasteiger partial charge < -0.3 is 14.4 Å². The van der Waals surface area contributed by atoms with E-state index in [0.717, 1.165) is 24.7 Å². The molecule has 228 valence electrons. The minimum Gasteiger partial charge on any atom is -0.395 e. The van der Waals surface area contributed by atoms with Crippen LogP contribution in [0.15, 0.2) is 53.5 Å². The maximum absolute atomic E-state index is 15.0. The molecule has 2 N–H and O–H groups in total. The number of fused-ring (bicyclic) bond motifs is 1. The number of aryl methyl sites for hydroxylation is 1. The number of nitrogens with one attached hydrogen (secondary N) is 1. The quantitative estimate of drug-likeness (QED) is 0.303.